The van der Waals surface area contributed by atoms with E-state index in [-0.39, 0.29) is 11.7 Å². The van der Waals surface area contributed by atoms with Crippen LogP contribution in [-0.2, 0) is 9.53 Å². The molecular weight excluding hydrogens is 206 g/mol. The van der Waals surface area contributed by atoms with Crippen molar-refractivity contribution in [2.75, 3.05) is 11.9 Å². The zero-order valence-corrected chi connectivity index (χ0v) is 9.36. The van der Waals surface area contributed by atoms with E-state index in [0.717, 1.165) is 0 Å². The second-order valence-electron chi connectivity index (χ2n) is 3.25. The lowest BCUT2D eigenvalue weighted by atomic mass is 10.2. The molecule has 0 saturated heterocycles. The number of aryl methyl sites for hydroxylation is 1. The third-order valence-electron chi connectivity index (χ3n) is 1.95. The van der Waals surface area contributed by atoms with Gasteiger partial charge in [0.2, 0.25) is 0 Å². The minimum Gasteiger partial charge on any atom is -0.508 e. The molecule has 0 heterocycles. The molecule has 2 N–H and O–H groups in total. The number of carbonyl (C=O) groups excluding carboxylic acids is 1. The average molecular weight is 221 g/mol. The van der Waals surface area contributed by atoms with Crippen LogP contribution in [0.25, 0.3) is 0 Å². The molecule has 0 unspecified atom stereocenters. The Kier molecular flexibility index (Phi) is 4.39. The number of nitrogens with one attached hydrogen (secondary N) is 1. The summed E-state index contributed by atoms with van der Waals surface area (Å²) in [5.74, 6) is -0.0543. The molecule has 0 atom stereocenters. The summed E-state index contributed by atoms with van der Waals surface area (Å²) in [6.07, 6.45) is 2.66. The highest BCUT2D eigenvalue weighted by Crippen LogP contribution is 2.19. The Morgan fingerprint density at radius 2 is 2.31 bits per heavy atom. The molecule has 16 heavy (non-hydrogen) atoms. The van der Waals surface area contributed by atoms with E-state index >= 15 is 0 Å². The molecule has 0 bridgehead atoms. The van der Waals surface area contributed by atoms with Gasteiger partial charge >= 0.3 is 0 Å². The van der Waals surface area contributed by atoms with Crippen LogP contribution in [0, 0.1) is 6.92 Å². The highest BCUT2D eigenvalue weighted by Gasteiger charge is 2.00. The van der Waals surface area contributed by atoms with Crippen molar-refractivity contribution in [3.05, 3.63) is 36.1 Å². The van der Waals surface area contributed by atoms with Crippen LogP contribution in [0.4, 0.5) is 5.69 Å². The Hall–Kier alpha value is -1.97. The van der Waals surface area contributed by atoms with Gasteiger partial charge in [0.1, 0.15) is 5.75 Å². The van der Waals surface area contributed by atoms with Crippen molar-refractivity contribution in [1.82, 2.24) is 0 Å². The van der Waals surface area contributed by atoms with E-state index in [1.807, 2.05) is 6.92 Å². The normalized spacial score (nSPS) is 10.4. The van der Waals surface area contributed by atoms with Crippen molar-refractivity contribution < 1.29 is 14.6 Å². The lowest BCUT2D eigenvalue weighted by molar-refractivity contribution is -0.112. The maximum Gasteiger partial charge on any atom is 0.251 e. The summed E-state index contributed by atoms with van der Waals surface area (Å²) < 4.78 is 4.90. The molecule has 0 aliphatic rings. The Morgan fingerprint density at radius 3 is 2.94 bits per heavy atom. The molecule has 1 rings (SSSR count). The van der Waals surface area contributed by atoms with Crippen molar-refractivity contribution in [1.29, 1.82) is 0 Å². The van der Waals surface area contributed by atoms with E-state index in [4.69, 9.17) is 4.74 Å². The molecule has 1 aromatic carbocycles. The molecule has 4 heteroatoms. The number of hydrogen-bond donors (Lipinski definition) is 2. The first-order valence-electron chi connectivity index (χ1n) is 5.02. The third-order valence-corrected chi connectivity index (χ3v) is 1.95. The van der Waals surface area contributed by atoms with Gasteiger partial charge in [-0.05, 0) is 37.6 Å². The number of phenolic OH excluding ortho intramolecular Hbond substituents is 1. The molecule has 1 aromatic rings. The molecule has 0 saturated carbocycles. The van der Waals surface area contributed by atoms with Gasteiger partial charge in [0, 0.05) is 11.8 Å². The summed E-state index contributed by atoms with van der Waals surface area (Å²) in [5.41, 5.74) is 1.35. The minimum atomic E-state index is -0.265. The fraction of sp³-hybridized carbons (Fsp3) is 0.250. The fourth-order valence-corrected chi connectivity index (χ4v) is 1.12. The number of phenols is 1. The first-order chi connectivity index (χ1) is 7.63. The van der Waals surface area contributed by atoms with Crippen LogP contribution in [0.5, 0.6) is 5.75 Å². The van der Waals surface area contributed by atoms with Crippen LogP contribution in [-0.4, -0.2) is 17.6 Å². The number of aromatic hydroxyl groups is 1. The van der Waals surface area contributed by atoms with Gasteiger partial charge in [-0.25, -0.2) is 0 Å². The smallest absolute Gasteiger partial charge is 0.251 e. The highest BCUT2D eigenvalue weighted by atomic mass is 16.5. The zero-order chi connectivity index (χ0) is 12.0. The van der Waals surface area contributed by atoms with E-state index < -0.39 is 0 Å². The largest absolute Gasteiger partial charge is 0.508 e. The van der Waals surface area contributed by atoms with Crippen molar-refractivity contribution >= 4 is 11.6 Å². The molecule has 1 amide bonds. The number of carbonyl (C=O) groups is 1. The standard InChI is InChI=1S/C12H15NO3/c1-3-16-7-6-12(15)13-10-4-5-11(14)9(2)8-10/h4-8,14H,3H2,1-2H3,(H,13,15)/b7-6+. The summed E-state index contributed by atoms with van der Waals surface area (Å²) >= 11 is 0. The van der Waals surface area contributed by atoms with Crippen molar-refractivity contribution in [2.24, 2.45) is 0 Å². The van der Waals surface area contributed by atoms with Gasteiger partial charge in [-0.15, -0.1) is 0 Å². The maximum absolute atomic E-state index is 11.3. The maximum atomic E-state index is 11.3. The number of anilines is 1. The molecule has 0 aromatic heterocycles. The van der Waals surface area contributed by atoms with Crippen LogP contribution in [0.15, 0.2) is 30.5 Å². The summed E-state index contributed by atoms with van der Waals surface area (Å²) in [6.45, 7) is 4.13. The first-order valence-corrected chi connectivity index (χ1v) is 5.02. The van der Waals surface area contributed by atoms with E-state index in [0.29, 0.717) is 17.9 Å². The Bertz CT molecular complexity index is 399. The second-order valence-corrected chi connectivity index (χ2v) is 3.25. The van der Waals surface area contributed by atoms with Crippen molar-refractivity contribution in [2.45, 2.75) is 13.8 Å². The summed E-state index contributed by atoms with van der Waals surface area (Å²) in [4.78, 5) is 11.3. The first kappa shape index (κ1) is 12.1. The molecule has 86 valence electrons. The topological polar surface area (TPSA) is 58.6 Å². The highest BCUT2D eigenvalue weighted by molar-refractivity contribution is 5.99. The van der Waals surface area contributed by atoms with Gasteiger partial charge in [0.05, 0.1) is 12.9 Å². The lowest BCUT2D eigenvalue weighted by Crippen LogP contribution is -2.08. The Labute approximate surface area is 94.6 Å². The van der Waals surface area contributed by atoms with Gasteiger partial charge in [-0.2, -0.15) is 0 Å². The summed E-state index contributed by atoms with van der Waals surface area (Å²) in [6, 6.07) is 4.87. The van der Waals surface area contributed by atoms with Crippen molar-refractivity contribution in [3.8, 4) is 5.75 Å². The zero-order valence-electron chi connectivity index (χ0n) is 9.36. The predicted molar refractivity (Wildman–Crippen MR) is 62.2 cm³/mol. The van der Waals surface area contributed by atoms with Crippen molar-refractivity contribution in [3.63, 3.8) is 0 Å². The molecule has 0 spiro atoms. The van der Waals surface area contributed by atoms with Crippen LogP contribution in [0.2, 0.25) is 0 Å². The molecule has 0 aliphatic heterocycles. The number of amides is 1. The third kappa shape index (κ3) is 3.65. The molecular formula is C12H15NO3. The number of rotatable bonds is 4. The predicted octanol–water partition coefficient (Wildman–Crippen LogP) is 2.19. The van der Waals surface area contributed by atoms with Crippen LogP contribution in [0.1, 0.15) is 12.5 Å². The lowest BCUT2D eigenvalue weighted by Gasteiger charge is -2.04. The van der Waals surface area contributed by atoms with E-state index in [2.05, 4.69) is 5.32 Å². The van der Waals surface area contributed by atoms with Crippen LogP contribution < -0.4 is 5.32 Å². The Morgan fingerprint density at radius 1 is 1.56 bits per heavy atom. The summed E-state index contributed by atoms with van der Waals surface area (Å²) in [7, 11) is 0. The number of benzene rings is 1. The molecule has 0 fully saturated rings. The molecule has 0 aliphatic carbocycles. The number of hydrogen-bond acceptors (Lipinski definition) is 3. The van der Waals surface area contributed by atoms with Gasteiger partial charge in [0.15, 0.2) is 0 Å². The van der Waals surface area contributed by atoms with E-state index in [9.17, 15) is 9.90 Å². The molecule has 4 nitrogen and oxygen atoms in total. The quantitative estimate of drug-likeness (QED) is 0.465. The average Bonchev–Trinajstić information content (AvgIpc) is 2.24. The van der Waals surface area contributed by atoms with Gasteiger partial charge in [0.25, 0.3) is 5.91 Å². The Balaban J connectivity index is 2.59. The van der Waals surface area contributed by atoms with Crippen LogP contribution >= 0.6 is 0 Å². The monoisotopic (exact) mass is 221 g/mol. The second kappa shape index (κ2) is 5.80. The van der Waals surface area contributed by atoms with Gasteiger partial charge < -0.3 is 15.2 Å². The minimum absolute atomic E-state index is 0.211. The molecule has 0 radical (unpaired) electrons. The van der Waals surface area contributed by atoms with E-state index in [1.165, 1.54) is 18.4 Å². The van der Waals surface area contributed by atoms with Gasteiger partial charge in [-0.3, -0.25) is 4.79 Å². The number of ether oxygens (including phenoxy) is 1. The summed E-state index contributed by atoms with van der Waals surface area (Å²) in [5, 5.41) is 12.0. The van der Waals surface area contributed by atoms with Crippen LogP contribution in [0.3, 0.4) is 0 Å². The fourth-order valence-electron chi connectivity index (χ4n) is 1.12. The SMILES string of the molecule is CCO/C=C/C(=O)Nc1ccc(O)c(C)c1. The van der Waals surface area contributed by atoms with Gasteiger partial charge in [-0.1, -0.05) is 0 Å². The van der Waals surface area contributed by atoms with E-state index in [1.54, 1.807) is 19.1 Å².